The Morgan fingerprint density at radius 1 is 1.26 bits per heavy atom. The van der Waals surface area contributed by atoms with Gasteiger partial charge < -0.3 is 14.6 Å². The van der Waals surface area contributed by atoms with E-state index >= 15 is 0 Å². The van der Waals surface area contributed by atoms with E-state index in [1.807, 2.05) is 24.7 Å². The number of carboxylic acid groups (broad SMARTS) is 1. The molecule has 1 atom stereocenters. The maximum atomic E-state index is 11.4. The molecule has 0 fully saturated rings. The molecule has 0 aliphatic carbocycles. The second kappa shape index (κ2) is 9.18. The lowest BCUT2D eigenvalue weighted by Crippen LogP contribution is -2.31. The minimum absolute atomic E-state index is 0.0887. The summed E-state index contributed by atoms with van der Waals surface area (Å²) in [6.45, 7) is 0.929. The van der Waals surface area contributed by atoms with Crippen molar-refractivity contribution < 1.29 is 9.90 Å². The van der Waals surface area contributed by atoms with Gasteiger partial charge in [0.25, 0.3) is 0 Å². The van der Waals surface area contributed by atoms with Gasteiger partial charge in [-0.2, -0.15) is 0 Å². The molecule has 2 heterocycles. The topological polar surface area (TPSA) is 71.2 Å². The lowest BCUT2D eigenvalue weighted by Gasteiger charge is -2.24. The number of fused-ring (bicyclic) bond motifs is 1. The van der Waals surface area contributed by atoms with Crippen LogP contribution in [0.5, 0.6) is 0 Å². The fourth-order valence-electron chi connectivity index (χ4n) is 3.57. The third kappa shape index (κ3) is 4.95. The van der Waals surface area contributed by atoms with E-state index in [9.17, 15) is 9.90 Å². The minimum Gasteiger partial charge on any atom is -0.478 e. The summed E-state index contributed by atoms with van der Waals surface area (Å²) in [6, 6.07) is 11.8. The molecule has 4 aromatic rings. The van der Waals surface area contributed by atoms with Gasteiger partial charge in [-0.1, -0.05) is 23.7 Å². The molecule has 0 aliphatic heterocycles. The molecule has 0 radical (unpaired) electrons. The van der Waals surface area contributed by atoms with Crippen molar-refractivity contribution in [3.05, 3.63) is 71.3 Å². The Bertz CT molecular complexity index is 1200. The van der Waals surface area contributed by atoms with Gasteiger partial charge in [0.15, 0.2) is 0 Å². The van der Waals surface area contributed by atoms with Crippen molar-refractivity contribution in [1.29, 1.82) is 0 Å². The van der Waals surface area contributed by atoms with E-state index in [0.717, 1.165) is 40.2 Å². The van der Waals surface area contributed by atoms with Crippen LogP contribution in [0.4, 0.5) is 0 Å². The zero-order valence-corrected chi connectivity index (χ0v) is 18.9. The largest absolute Gasteiger partial charge is 0.478 e. The molecular weight excluding hydrogens is 432 g/mol. The quantitative estimate of drug-likeness (QED) is 0.402. The Kier molecular flexibility index (Phi) is 6.36. The Balaban J connectivity index is 1.55. The molecule has 0 spiro atoms. The Morgan fingerprint density at radius 2 is 2.10 bits per heavy atom. The van der Waals surface area contributed by atoms with Crippen molar-refractivity contribution in [2.24, 2.45) is 0 Å². The monoisotopic (exact) mass is 454 g/mol. The van der Waals surface area contributed by atoms with Gasteiger partial charge >= 0.3 is 5.97 Å². The molecule has 0 bridgehead atoms. The normalized spacial score (nSPS) is 12.5. The highest BCUT2D eigenvalue weighted by Gasteiger charge is 2.15. The summed E-state index contributed by atoms with van der Waals surface area (Å²) in [7, 11) is 4.23. The van der Waals surface area contributed by atoms with Crippen LogP contribution in [0.3, 0.4) is 0 Å². The zero-order chi connectivity index (χ0) is 22.0. The average molecular weight is 455 g/mol. The predicted octanol–water partition coefficient (Wildman–Crippen LogP) is 5.07. The standard InChI is InChI=1S/C23H23ClN4O2S/c1-27(2)17(7-9-28-10-8-25-14-28)11-15-3-6-20-21(12-15)31-22(26-20)16-4-5-19(24)18(13-16)23(29)30/h3-6,8,10,12-14,17H,7,9,11H2,1-2H3,(H,29,30). The second-order valence-electron chi connectivity index (χ2n) is 7.73. The number of aryl methyl sites for hydroxylation is 1. The molecule has 4 rings (SSSR count). The van der Waals surface area contributed by atoms with Crippen LogP contribution in [0.1, 0.15) is 22.3 Å². The fraction of sp³-hybridized carbons (Fsp3) is 0.261. The van der Waals surface area contributed by atoms with Crippen LogP contribution in [-0.2, 0) is 13.0 Å². The maximum Gasteiger partial charge on any atom is 0.337 e. The molecule has 2 aromatic carbocycles. The number of likely N-dealkylation sites (N-methyl/N-ethyl adjacent to an activating group) is 1. The van der Waals surface area contributed by atoms with Crippen LogP contribution in [-0.4, -0.2) is 50.6 Å². The number of aromatic nitrogens is 3. The molecule has 31 heavy (non-hydrogen) atoms. The molecule has 8 heteroatoms. The molecule has 0 aliphatic rings. The number of imidazole rings is 1. The Morgan fingerprint density at radius 3 is 2.81 bits per heavy atom. The summed E-state index contributed by atoms with van der Waals surface area (Å²) < 4.78 is 3.19. The van der Waals surface area contributed by atoms with Gasteiger partial charge in [0.2, 0.25) is 0 Å². The van der Waals surface area contributed by atoms with Gasteiger partial charge in [-0.25, -0.2) is 14.8 Å². The van der Waals surface area contributed by atoms with Crippen LogP contribution >= 0.6 is 22.9 Å². The van der Waals surface area contributed by atoms with E-state index in [1.54, 1.807) is 29.7 Å². The molecule has 1 unspecified atom stereocenters. The first-order valence-corrected chi connectivity index (χ1v) is 11.1. The molecule has 0 saturated carbocycles. The summed E-state index contributed by atoms with van der Waals surface area (Å²) in [5.74, 6) is -1.04. The highest BCUT2D eigenvalue weighted by molar-refractivity contribution is 7.21. The summed E-state index contributed by atoms with van der Waals surface area (Å²) in [6.07, 6.45) is 7.61. The van der Waals surface area contributed by atoms with Crippen molar-refractivity contribution in [2.75, 3.05) is 14.1 Å². The predicted molar refractivity (Wildman–Crippen MR) is 125 cm³/mol. The lowest BCUT2D eigenvalue weighted by molar-refractivity contribution is 0.0697. The lowest BCUT2D eigenvalue weighted by atomic mass is 10.0. The first kappa shape index (κ1) is 21.5. The first-order chi connectivity index (χ1) is 14.9. The van der Waals surface area contributed by atoms with E-state index in [2.05, 4.69) is 40.7 Å². The number of hydrogen-bond acceptors (Lipinski definition) is 5. The number of nitrogens with zero attached hydrogens (tertiary/aromatic N) is 4. The van der Waals surface area contributed by atoms with E-state index in [0.29, 0.717) is 6.04 Å². The van der Waals surface area contributed by atoms with Gasteiger partial charge in [0.1, 0.15) is 5.01 Å². The smallest absolute Gasteiger partial charge is 0.337 e. The highest BCUT2D eigenvalue weighted by atomic mass is 35.5. The third-order valence-electron chi connectivity index (χ3n) is 5.38. The SMILES string of the molecule is CN(C)C(CCn1ccnc1)Cc1ccc2nc(-c3ccc(Cl)c(C(=O)O)c3)sc2c1. The van der Waals surface area contributed by atoms with Crippen molar-refractivity contribution in [3.8, 4) is 10.6 Å². The number of halogens is 1. The van der Waals surface area contributed by atoms with Crippen molar-refractivity contribution in [3.63, 3.8) is 0 Å². The van der Waals surface area contributed by atoms with Gasteiger partial charge in [0, 0.05) is 30.5 Å². The Labute approximate surface area is 189 Å². The number of rotatable bonds is 8. The van der Waals surface area contributed by atoms with E-state index in [4.69, 9.17) is 16.6 Å². The minimum atomic E-state index is -1.04. The van der Waals surface area contributed by atoms with E-state index in [1.165, 1.54) is 5.56 Å². The first-order valence-electron chi connectivity index (χ1n) is 9.95. The number of aromatic carboxylic acids is 1. The highest BCUT2D eigenvalue weighted by Crippen LogP contribution is 2.33. The van der Waals surface area contributed by atoms with Gasteiger partial charge in [-0.05, 0) is 56.8 Å². The summed E-state index contributed by atoms with van der Waals surface area (Å²) in [4.78, 5) is 22.5. The summed E-state index contributed by atoms with van der Waals surface area (Å²) in [5, 5.41) is 10.4. The van der Waals surface area contributed by atoms with E-state index in [-0.39, 0.29) is 10.6 Å². The van der Waals surface area contributed by atoms with Gasteiger partial charge in [0.05, 0.1) is 27.1 Å². The van der Waals surface area contributed by atoms with Crippen LogP contribution in [0.15, 0.2) is 55.1 Å². The number of carboxylic acids is 1. The van der Waals surface area contributed by atoms with Gasteiger partial charge in [-0.15, -0.1) is 11.3 Å². The molecule has 2 aromatic heterocycles. The maximum absolute atomic E-state index is 11.4. The number of carbonyl (C=O) groups is 1. The number of thiazole rings is 1. The molecule has 6 nitrogen and oxygen atoms in total. The van der Waals surface area contributed by atoms with Crippen LogP contribution in [0.25, 0.3) is 20.8 Å². The van der Waals surface area contributed by atoms with Crippen molar-refractivity contribution >= 4 is 39.1 Å². The van der Waals surface area contributed by atoms with Gasteiger partial charge in [-0.3, -0.25) is 0 Å². The number of benzene rings is 2. The number of hydrogen-bond donors (Lipinski definition) is 1. The van der Waals surface area contributed by atoms with E-state index < -0.39 is 5.97 Å². The average Bonchev–Trinajstić information content (AvgIpc) is 3.40. The van der Waals surface area contributed by atoms with Crippen LogP contribution < -0.4 is 0 Å². The zero-order valence-electron chi connectivity index (χ0n) is 17.3. The van der Waals surface area contributed by atoms with Crippen molar-refractivity contribution in [2.45, 2.75) is 25.4 Å². The third-order valence-corrected chi connectivity index (χ3v) is 6.77. The molecular formula is C23H23ClN4O2S. The van der Waals surface area contributed by atoms with Crippen LogP contribution in [0, 0.1) is 0 Å². The second-order valence-corrected chi connectivity index (χ2v) is 9.17. The molecule has 1 N–H and O–H groups in total. The molecule has 0 saturated heterocycles. The Hall–Kier alpha value is -2.74. The summed E-state index contributed by atoms with van der Waals surface area (Å²) >= 11 is 7.57. The molecule has 0 amide bonds. The fourth-order valence-corrected chi connectivity index (χ4v) is 4.80. The molecule has 160 valence electrons. The van der Waals surface area contributed by atoms with Crippen LogP contribution in [0.2, 0.25) is 5.02 Å². The van der Waals surface area contributed by atoms with Crippen molar-refractivity contribution in [1.82, 2.24) is 19.4 Å². The summed E-state index contributed by atoms with van der Waals surface area (Å²) in [5.41, 5.74) is 3.02.